The van der Waals surface area contributed by atoms with E-state index < -0.39 is 0 Å². The van der Waals surface area contributed by atoms with E-state index in [1.165, 1.54) is 6.92 Å². The lowest BCUT2D eigenvalue weighted by molar-refractivity contribution is 0.101. The van der Waals surface area contributed by atoms with Gasteiger partial charge in [-0.05, 0) is 43.3 Å². The number of hydrogen-bond acceptors (Lipinski definition) is 3. The Kier molecular flexibility index (Phi) is 4.44. The summed E-state index contributed by atoms with van der Waals surface area (Å²) in [5.74, 6) is -0.345. The molecule has 3 aromatic rings. The zero-order chi connectivity index (χ0) is 17.1. The van der Waals surface area contributed by atoms with Crippen LogP contribution in [0, 0.1) is 0 Å². The molecule has 0 saturated heterocycles. The first-order valence-electron chi connectivity index (χ1n) is 7.27. The molecule has 120 valence electrons. The van der Waals surface area contributed by atoms with Gasteiger partial charge in [-0.1, -0.05) is 29.8 Å². The van der Waals surface area contributed by atoms with E-state index in [9.17, 15) is 9.59 Å². The smallest absolute Gasteiger partial charge is 0.273 e. The van der Waals surface area contributed by atoms with Gasteiger partial charge >= 0.3 is 0 Å². The van der Waals surface area contributed by atoms with Crippen LogP contribution in [0.2, 0.25) is 5.02 Å². The zero-order valence-corrected chi connectivity index (χ0v) is 13.6. The number of benzene rings is 2. The average molecular weight is 340 g/mol. The summed E-state index contributed by atoms with van der Waals surface area (Å²) in [7, 11) is 0. The molecule has 6 heteroatoms. The van der Waals surface area contributed by atoms with Crippen LogP contribution in [0.4, 0.5) is 5.69 Å². The van der Waals surface area contributed by atoms with Gasteiger partial charge < -0.3 is 5.32 Å². The number of H-pyrrole nitrogens is 1. The molecule has 1 amide bonds. The molecule has 1 heterocycles. The third kappa shape index (κ3) is 3.36. The van der Waals surface area contributed by atoms with Crippen molar-refractivity contribution in [3.63, 3.8) is 0 Å². The van der Waals surface area contributed by atoms with Crippen molar-refractivity contribution in [3.05, 3.63) is 70.9 Å². The molecule has 0 aliphatic carbocycles. The summed E-state index contributed by atoms with van der Waals surface area (Å²) in [4.78, 5) is 23.5. The van der Waals surface area contributed by atoms with Crippen molar-refractivity contribution < 1.29 is 9.59 Å². The van der Waals surface area contributed by atoms with Crippen LogP contribution < -0.4 is 5.32 Å². The van der Waals surface area contributed by atoms with Gasteiger partial charge in [0.25, 0.3) is 5.91 Å². The number of hydrogen-bond donors (Lipinski definition) is 2. The topological polar surface area (TPSA) is 74.8 Å². The molecule has 0 unspecified atom stereocenters. The Morgan fingerprint density at radius 3 is 2.46 bits per heavy atom. The fraction of sp³-hybridized carbons (Fsp3) is 0.0556. The average Bonchev–Trinajstić information content (AvgIpc) is 3.05. The Morgan fingerprint density at radius 1 is 1.08 bits per heavy atom. The molecule has 5 nitrogen and oxygen atoms in total. The summed E-state index contributed by atoms with van der Waals surface area (Å²) in [6.45, 7) is 1.49. The molecule has 0 radical (unpaired) electrons. The normalized spacial score (nSPS) is 10.4. The maximum absolute atomic E-state index is 12.3. The van der Waals surface area contributed by atoms with Crippen molar-refractivity contribution in [2.24, 2.45) is 0 Å². The van der Waals surface area contributed by atoms with E-state index in [0.29, 0.717) is 27.7 Å². The largest absolute Gasteiger partial charge is 0.321 e. The molecule has 2 aromatic carbocycles. The second-order valence-electron chi connectivity index (χ2n) is 5.23. The summed E-state index contributed by atoms with van der Waals surface area (Å²) >= 11 is 6.14. The van der Waals surface area contributed by atoms with Gasteiger partial charge in [-0.2, -0.15) is 5.10 Å². The number of carbonyl (C=O) groups excluding carboxylic acids is 2. The monoisotopic (exact) mass is 339 g/mol. The summed E-state index contributed by atoms with van der Waals surface area (Å²) in [5.41, 5.74) is 2.85. The highest BCUT2D eigenvalue weighted by molar-refractivity contribution is 6.33. The molecule has 0 spiro atoms. The van der Waals surface area contributed by atoms with Crippen molar-refractivity contribution in [1.82, 2.24) is 10.2 Å². The third-order valence-corrected chi connectivity index (χ3v) is 3.85. The van der Waals surface area contributed by atoms with E-state index in [1.807, 2.05) is 18.2 Å². The van der Waals surface area contributed by atoms with Crippen LogP contribution in [0.5, 0.6) is 0 Å². The Morgan fingerprint density at radius 2 is 1.79 bits per heavy atom. The number of halogens is 1. The van der Waals surface area contributed by atoms with Crippen LogP contribution >= 0.6 is 11.6 Å². The van der Waals surface area contributed by atoms with Crippen molar-refractivity contribution in [1.29, 1.82) is 0 Å². The number of nitrogens with zero attached hydrogens (tertiary/aromatic N) is 1. The first-order valence-corrected chi connectivity index (χ1v) is 7.65. The van der Waals surface area contributed by atoms with Crippen molar-refractivity contribution >= 4 is 29.0 Å². The molecule has 0 atom stereocenters. The molecule has 24 heavy (non-hydrogen) atoms. The molecule has 2 N–H and O–H groups in total. The maximum Gasteiger partial charge on any atom is 0.273 e. The van der Waals surface area contributed by atoms with Gasteiger partial charge in [0.05, 0.1) is 10.7 Å². The number of nitrogens with one attached hydrogen (secondary N) is 2. The third-order valence-electron chi connectivity index (χ3n) is 3.52. The van der Waals surface area contributed by atoms with Gasteiger partial charge in [0.2, 0.25) is 0 Å². The Hall–Kier alpha value is -2.92. The van der Waals surface area contributed by atoms with Crippen LogP contribution in [0.3, 0.4) is 0 Å². The second kappa shape index (κ2) is 6.68. The lowest BCUT2D eigenvalue weighted by Crippen LogP contribution is -2.12. The standard InChI is InChI=1S/C18H14ClN3O2/c1-11(23)12-6-8-13(9-7-12)20-18(24)17-10-16(21-22-17)14-4-2-3-5-15(14)19/h2-10H,1H3,(H,20,24)(H,21,22). The summed E-state index contributed by atoms with van der Waals surface area (Å²) in [6, 6.07) is 15.6. The molecular weight excluding hydrogens is 326 g/mol. The maximum atomic E-state index is 12.3. The van der Waals surface area contributed by atoms with E-state index in [0.717, 1.165) is 5.56 Å². The van der Waals surface area contributed by atoms with Gasteiger partial charge in [-0.3, -0.25) is 14.7 Å². The van der Waals surface area contributed by atoms with Crippen molar-refractivity contribution in [2.45, 2.75) is 6.92 Å². The minimum Gasteiger partial charge on any atom is -0.321 e. The second-order valence-corrected chi connectivity index (χ2v) is 5.64. The Bertz CT molecular complexity index is 901. The highest BCUT2D eigenvalue weighted by Crippen LogP contribution is 2.26. The molecule has 0 saturated carbocycles. The first kappa shape index (κ1) is 16.0. The predicted octanol–water partition coefficient (Wildman–Crippen LogP) is 4.19. The predicted molar refractivity (Wildman–Crippen MR) is 93.4 cm³/mol. The number of aromatic amines is 1. The molecule has 3 rings (SSSR count). The minimum absolute atomic E-state index is 0.0224. The molecule has 0 aliphatic heterocycles. The van der Waals surface area contributed by atoms with E-state index in [4.69, 9.17) is 11.6 Å². The minimum atomic E-state index is -0.323. The lowest BCUT2D eigenvalue weighted by atomic mass is 10.1. The highest BCUT2D eigenvalue weighted by atomic mass is 35.5. The number of aromatic nitrogens is 2. The SMILES string of the molecule is CC(=O)c1ccc(NC(=O)c2cc(-c3ccccc3Cl)n[nH]2)cc1. The zero-order valence-electron chi connectivity index (χ0n) is 12.8. The molecule has 0 bridgehead atoms. The van der Waals surface area contributed by atoms with E-state index in [1.54, 1.807) is 36.4 Å². The first-order chi connectivity index (χ1) is 11.5. The van der Waals surface area contributed by atoms with Crippen LogP contribution in [0.1, 0.15) is 27.8 Å². The Labute approximate surface area is 143 Å². The number of amides is 1. The quantitative estimate of drug-likeness (QED) is 0.700. The number of ketones is 1. The van der Waals surface area contributed by atoms with Crippen molar-refractivity contribution in [3.8, 4) is 11.3 Å². The highest BCUT2D eigenvalue weighted by Gasteiger charge is 2.13. The van der Waals surface area contributed by atoms with Gasteiger partial charge in [0.1, 0.15) is 5.69 Å². The van der Waals surface area contributed by atoms with Crippen LogP contribution in [-0.4, -0.2) is 21.9 Å². The van der Waals surface area contributed by atoms with E-state index in [2.05, 4.69) is 15.5 Å². The van der Waals surface area contributed by atoms with Gasteiger partial charge in [0, 0.05) is 16.8 Å². The number of carbonyl (C=O) groups is 2. The number of anilines is 1. The fourth-order valence-electron chi connectivity index (χ4n) is 2.23. The molecule has 0 fully saturated rings. The number of Topliss-reactive ketones (excluding diaryl/α,β-unsaturated/α-hetero) is 1. The molecule has 0 aliphatic rings. The van der Waals surface area contributed by atoms with Crippen LogP contribution in [-0.2, 0) is 0 Å². The summed E-state index contributed by atoms with van der Waals surface area (Å²) < 4.78 is 0. The van der Waals surface area contributed by atoms with E-state index in [-0.39, 0.29) is 11.7 Å². The molecular formula is C18H14ClN3O2. The van der Waals surface area contributed by atoms with Crippen LogP contribution in [0.25, 0.3) is 11.3 Å². The van der Waals surface area contributed by atoms with Gasteiger partial charge in [-0.15, -0.1) is 0 Å². The summed E-state index contributed by atoms with van der Waals surface area (Å²) in [6.07, 6.45) is 0. The number of rotatable bonds is 4. The van der Waals surface area contributed by atoms with E-state index >= 15 is 0 Å². The van der Waals surface area contributed by atoms with Crippen LogP contribution in [0.15, 0.2) is 54.6 Å². The molecule has 1 aromatic heterocycles. The summed E-state index contributed by atoms with van der Waals surface area (Å²) in [5, 5.41) is 10.2. The van der Waals surface area contributed by atoms with Gasteiger partial charge in [-0.25, -0.2) is 0 Å². The lowest BCUT2D eigenvalue weighted by Gasteiger charge is -2.04. The Balaban J connectivity index is 1.76. The van der Waals surface area contributed by atoms with Crippen molar-refractivity contribution in [2.75, 3.05) is 5.32 Å². The fourth-order valence-corrected chi connectivity index (χ4v) is 2.46. The van der Waals surface area contributed by atoms with Gasteiger partial charge in [0.15, 0.2) is 5.78 Å².